The number of carbonyl (C=O) groups excluding carboxylic acids is 3. The SMILES string of the molecule is CCCCC[C@H](CN(C=O)OCc1ccccc1)C(=O)NCNC(=O)c1ccc(Br)o1. The number of hydrogen-bond donors (Lipinski definition) is 2. The number of hydrogen-bond acceptors (Lipinski definition) is 5. The highest BCUT2D eigenvalue weighted by Crippen LogP contribution is 2.14. The Morgan fingerprint density at radius 3 is 2.58 bits per heavy atom. The summed E-state index contributed by atoms with van der Waals surface area (Å²) in [5, 5.41) is 6.43. The minimum absolute atomic E-state index is 0.0494. The van der Waals surface area contributed by atoms with E-state index in [0.717, 1.165) is 29.9 Å². The van der Waals surface area contributed by atoms with Crippen LogP contribution in [-0.2, 0) is 21.0 Å². The predicted octanol–water partition coefficient (Wildman–Crippen LogP) is 3.63. The topological polar surface area (TPSA) is 101 Å². The van der Waals surface area contributed by atoms with Crippen LogP contribution in [0.2, 0.25) is 0 Å². The van der Waals surface area contributed by atoms with Crippen molar-refractivity contribution in [1.29, 1.82) is 0 Å². The summed E-state index contributed by atoms with van der Waals surface area (Å²) in [4.78, 5) is 41.7. The zero-order chi connectivity index (χ0) is 22.5. The van der Waals surface area contributed by atoms with Crippen LogP contribution in [0, 0.1) is 5.92 Å². The average molecular weight is 494 g/mol. The van der Waals surface area contributed by atoms with E-state index in [4.69, 9.17) is 9.25 Å². The Hall–Kier alpha value is -2.65. The minimum Gasteiger partial charge on any atom is -0.444 e. The molecule has 0 aliphatic heterocycles. The van der Waals surface area contributed by atoms with E-state index in [0.29, 0.717) is 17.5 Å². The molecule has 8 nitrogen and oxygen atoms in total. The summed E-state index contributed by atoms with van der Waals surface area (Å²) >= 11 is 3.14. The van der Waals surface area contributed by atoms with Gasteiger partial charge in [-0.2, -0.15) is 0 Å². The second kappa shape index (κ2) is 13.6. The van der Waals surface area contributed by atoms with Gasteiger partial charge in [-0.05, 0) is 40.0 Å². The minimum atomic E-state index is -0.456. The van der Waals surface area contributed by atoms with Crippen LogP contribution in [0.25, 0.3) is 0 Å². The Kier molecular flexibility index (Phi) is 10.8. The van der Waals surface area contributed by atoms with Crippen LogP contribution in [0.15, 0.2) is 51.6 Å². The van der Waals surface area contributed by atoms with Crippen molar-refractivity contribution in [3.63, 3.8) is 0 Å². The van der Waals surface area contributed by atoms with E-state index in [9.17, 15) is 14.4 Å². The first kappa shape index (κ1) is 24.6. The van der Waals surface area contributed by atoms with E-state index in [2.05, 4.69) is 33.5 Å². The molecule has 0 unspecified atom stereocenters. The van der Waals surface area contributed by atoms with Crippen LogP contribution in [0.5, 0.6) is 0 Å². The molecule has 168 valence electrons. The average Bonchev–Trinajstić information content (AvgIpc) is 3.22. The van der Waals surface area contributed by atoms with Gasteiger partial charge in [0.1, 0.15) is 6.61 Å². The zero-order valence-electron chi connectivity index (χ0n) is 17.5. The summed E-state index contributed by atoms with van der Waals surface area (Å²) in [5.74, 6) is -1.01. The number of nitrogens with zero attached hydrogens (tertiary/aromatic N) is 1. The Labute approximate surface area is 190 Å². The van der Waals surface area contributed by atoms with E-state index in [1.807, 2.05) is 30.3 Å². The number of furan rings is 1. The van der Waals surface area contributed by atoms with Crippen molar-refractivity contribution in [3.8, 4) is 0 Å². The van der Waals surface area contributed by atoms with Gasteiger partial charge in [-0.3, -0.25) is 19.2 Å². The van der Waals surface area contributed by atoms with Crippen molar-refractivity contribution in [3.05, 3.63) is 58.5 Å². The maximum absolute atomic E-state index is 12.7. The van der Waals surface area contributed by atoms with E-state index in [1.54, 1.807) is 6.07 Å². The van der Waals surface area contributed by atoms with Crippen molar-refractivity contribution in [2.45, 2.75) is 39.2 Å². The molecule has 1 aromatic heterocycles. The molecule has 1 atom stereocenters. The number of hydroxylamine groups is 2. The number of amides is 3. The van der Waals surface area contributed by atoms with E-state index >= 15 is 0 Å². The summed E-state index contributed by atoms with van der Waals surface area (Å²) in [6.07, 6.45) is 4.05. The molecule has 9 heteroatoms. The molecule has 2 aromatic rings. The fourth-order valence-corrected chi connectivity index (χ4v) is 3.21. The molecule has 31 heavy (non-hydrogen) atoms. The molecule has 0 spiro atoms. The monoisotopic (exact) mass is 493 g/mol. The predicted molar refractivity (Wildman–Crippen MR) is 119 cm³/mol. The summed E-state index contributed by atoms with van der Waals surface area (Å²) in [6, 6.07) is 12.6. The Morgan fingerprint density at radius 2 is 1.94 bits per heavy atom. The lowest BCUT2D eigenvalue weighted by atomic mass is 10.0. The van der Waals surface area contributed by atoms with E-state index < -0.39 is 11.8 Å². The first-order valence-corrected chi connectivity index (χ1v) is 11.0. The number of benzene rings is 1. The van der Waals surface area contributed by atoms with Gasteiger partial charge in [0.15, 0.2) is 10.4 Å². The summed E-state index contributed by atoms with van der Waals surface area (Å²) in [5.41, 5.74) is 0.925. The molecule has 1 aromatic carbocycles. The molecule has 0 fully saturated rings. The van der Waals surface area contributed by atoms with Crippen molar-refractivity contribution in [2.75, 3.05) is 13.2 Å². The molecule has 0 aliphatic rings. The highest BCUT2D eigenvalue weighted by Gasteiger charge is 2.22. The number of unbranched alkanes of at least 4 members (excludes halogenated alkanes) is 2. The number of halogens is 1. The third kappa shape index (κ3) is 8.94. The van der Waals surface area contributed by atoms with Gasteiger partial charge in [-0.1, -0.05) is 56.5 Å². The van der Waals surface area contributed by atoms with Crippen molar-refractivity contribution in [1.82, 2.24) is 15.7 Å². The molecule has 0 radical (unpaired) electrons. The van der Waals surface area contributed by atoms with Gasteiger partial charge in [0.2, 0.25) is 12.3 Å². The Morgan fingerprint density at radius 1 is 1.16 bits per heavy atom. The highest BCUT2D eigenvalue weighted by atomic mass is 79.9. The largest absolute Gasteiger partial charge is 0.444 e. The van der Waals surface area contributed by atoms with Crippen LogP contribution < -0.4 is 10.6 Å². The molecular weight excluding hydrogens is 466 g/mol. The quantitative estimate of drug-likeness (QED) is 0.181. The van der Waals surface area contributed by atoms with Crippen LogP contribution in [0.1, 0.15) is 48.7 Å². The van der Waals surface area contributed by atoms with Gasteiger partial charge in [0, 0.05) is 0 Å². The van der Waals surface area contributed by atoms with Gasteiger partial charge in [-0.25, -0.2) is 5.06 Å². The second-order valence-corrected chi connectivity index (χ2v) is 7.77. The standard InChI is InChI=1S/C22H28BrN3O5/c1-2-3-5-10-18(13-26(16-27)30-14-17-8-6-4-7-9-17)21(28)24-15-25-22(29)19-11-12-20(23)31-19/h4,6-9,11-12,16,18H,2-3,5,10,13-15H2,1H3,(H,24,28)(H,25,29)/t18-/m1/s1. The highest BCUT2D eigenvalue weighted by molar-refractivity contribution is 9.10. The van der Waals surface area contributed by atoms with Gasteiger partial charge in [0.25, 0.3) is 5.91 Å². The van der Waals surface area contributed by atoms with Crippen LogP contribution in [-0.4, -0.2) is 36.5 Å². The fraction of sp³-hybridized carbons (Fsp3) is 0.409. The fourth-order valence-electron chi connectivity index (χ4n) is 2.90. The molecule has 0 saturated carbocycles. The van der Waals surface area contributed by atoms with E-state index in [-0.39, 0.29) is 31.5 Å². The third-order valence-electron chi connectivity index (χ3n) is 4.59. The first-order valence-electron chi connectivity index (χ1n) is 10.2. The molecule has 3 amide bonds. The van der Waals surface area contributed by atoms with E-state index in [1.165, 1.54) is 6.07 Å². The van der Waals surface area contributed by atoms with Crippen LogP contribution in [0.3, 0.4) is 0 Å². The molecular formula is C22H28BrN3O5. The van der Waals surface area contributed by atoms with Gasteiger partial charge in [-0.15, -0.1) is 0 Å². The van der Waals surface area contributed by atoms with Gasteiger partial charge in [0.05, 0.1) is 19.1 Å². The van der Waals surface area contributed by atoms with Crippen LogP contribution in [0.4, 0.5) is 0 Å². The summed E-state index contributed by atoms with van der Waals surface area (Å²) in [6.45, 7) is 2.40. The number of nitrogens with one attached hydrogen (secondary N) is 2. The maximum Gasteiger partial charge on any atom is 0.288 e. The van der Waals surface area contributed by atoms with Crippen LogP contribution >= 0.6 is 15.9 Å². The molecule has 2 rings (SSSR count). The van der Waals surface area contributed by atoms with Crippen molar-refractivity contribution < 1.29 is 23.6 Å². The maximum atomic E-state index is 12.7. The van der Waals surface area contributed by atoms with Gasteiger partial charge >= 0.3 is 0 Å². The Bertz CT molecular complexity index is 828. The molecule has 0 saturated heterocycles. The lowest BCUT2D eigenvalue weighted by molar-refractivity contribution is -0.182. The molecule has 0 bridgehead atoms. The lowest BCUT2D eigenvalue weighted by Crippen LogP contribution is -2.43. The molecule has 2 N–H and O–H groups in total. The zero-order valence-corrected chi connectivity index (χ0v) is 19.1. The number of carbonyl (C=O) groups is 3. The second-order valence-electron chi connectivity index (χ2n) is 6.98. The number of rotatable bonds is 14. The Balaban J connectivity index is 1.86. The normalized spacial score (nSPS) is 11.5. The van der Waals surface area contributed by atoms with Gasteiger partial charge < -0.3 is 15.1 Å². The third-order valence-corrected chi connectivity index (χ3v) is 5.02. The molecule has 0 aliphatic carbocycles. The smallest absolute Gasteiger partial charge is 0.288 e. The lowest BCUT2D eigenvalue weighted by Gasteiger charge is -2.23. The van der Waals surface area contributed by atoms with Crippen molar-refractivity contribution in [2.24, 2.45) is 5.92 Å². The van der Waals surface area contributed by atoms with Crippen molar-refractivity contribution >= 4 is 34.2 Å². The summed E-state index contributed by atoms with van der Waals surface area (Å²) < 4.78 is 5.62. The first-order chi connectivity index (χ1) is 15.0. The molecule has 1 heterocycles. The summed E-state index contributed by atoms with van der Waals surface area (Å²) in [7, 11) is 0.